The predicted molar refractivity (Wildman–Crippen MR) is 237 cm³/mol. The summed E-state index contributed by atoms with van der Waals surface area (Å²) in [7, 11) is -10.3. The number of benzene rings is 2. The molecule has 2 aromatic rings. The highest BCUT2D eigenvalue weighted by atomic mass is 32.2. The summed E-state index contributed by atoms with van der Waals surface area (Å²) in [6.07, 6.45) is 10.7. The number of rotatable bonds is 23. The largest absolute Gasteiger partial charge is 0.390 e. The van der Waals surface area contributed by atoms with Gasteiger partial charge in [-0.15, -0.1) is 5.06 Å². The molecule has 4 rings (SSSR count). The number of hydroxylamine groups is 2. The third-order valence-corrected chi connectivity index (χ3v) is 14.1. The van der Waals surface area contributed by atoms with Crippen LogP contribution in [0.3, 0.4) is 0 Å². The first-order valence-electron chi connectivity index (χ1n) is 20.6. The highest BCUT2D eigenvalue weighted by Gasteiger charge is 2.44. The van der Waals surface area contributed by atoms with E-state index in [-0.39, 0.29) is 61.7 Å². The number of methoxy groups -OCH3 is 1. The van der Waals surface area contributed by atoms with Crippen LogP contribution in [0.15, 0.2) is 82.3 Å². The summed E-state index contributed by atoms with van der Waals surface area (Å²) in [5, 5.41) is 10.5. The van der Waals surface area contributed by atoms with Gasteiger partial charge in [0.2, 0.25) is 0 Å². The van der Waals surface area contributed by atoms with Gasteiger partial charge in [0.1, 0.15) is 13.7 Å². The second kappa shape index (κ2) is 21.6. The van der Waals surface area contributed by atoms with Crippen LogP contribution in [0.25, 0.3) is 0 Å². The van der Waals surface area contributed by atoms with Crippen LogP contribution in [0.2, 0.25) is 0 Å². The van der Waals surface area contributed by atoms with E-state index >= 15 is 0 Å². The normalized spacial score (nSPS) is 19.2. The average molecular weight is 953 g/mol. The fourth-order valence-corrected chi connectivity index (χ4v) is 9.77. The molecule has 1 saturated heterocycles. The lowest BCUT2D eigenvalue weighted by atomic mass is 9.72. The van der Waals surface area contributed by atoms with Gasteiger partial charge in [-0.1, -0.05) is 30.7 Å². The molecule has 352 valence electrons. The number of aliphatic hydroxyl groups is 1. The molecular weight excluding hydrogens is 895 g/mol. The minimum absolute atomic E-state index is 0.0146. The predicted octanol–water partition coefficient (Wildman–Crippen LogP) is 4.47. The van der Waals surface area contributed by atoms with E-state index in [2.05, 4.69) is 0 Å². The van der Waals surface area contributed by atoms with Crippen LogP contribution in [0.4, 0.5) is 5.69 Å². The zero-order valence-electron chi connectivity index (χ0n) is 36.6. The summed E-state index contributed by atoms with van der Waals surface area (Å²) < 4.78 is 109. The Hall–Kier alpha value is -4.61. The number of nitrogens with zero attached hydrogens (tertiary/aromatic N) is 3. The minimum atomic E-state index is -4.63. The molecule has 2 amide bonds. The molecule has 2 heterocycles. The monoisotopic (exact) mass is 952 g/mol. The number of aliphatic hydroxyl groups excluding tert-OH is 1. The summed E-state index contributed by atoms with van der Waals surface area (Å²) in [5.41, 5.74) is 1.75. The molecule has 2 aromatic carbocycles. The van der Waals surface area contributed by atoms with Gasteiger partial charge in [0, 0.05) is 62.4 Å². The SMILES string of the molecule is COCCC1(C)\C(=C/C=C/C=C/C(=[N+](C)CCO)C(C)(CCCS(=O)(=O)O)c2cc(S(=O)(=O)O)ccc2C)N(CCCCCC(=O)ON2C(=O)CCC2=O)c2ccc(S(=O)(=O)O)cc21. The van der Waals surface area contributed by atoms with Crippen LogP contribution in [-0.4, -0.2) is 123 Å². The summed E-state index contributed by atoms with van der Waals surface area (Å²) in [4.78, 5) is 42.5. The van der Waals surface area contributed by atoms with Gasteiger partial charge in [-0.25, -0.2) is 9.37 Å². The Balaban J connectivity index is 1.73. The number of amides is 2. The highest BCUT2D eigenvalue weighted by Crippen LogP contribution is 2.51. The number of imide groups is 1. The molecule has 0 radical (unpaired) electrons. The molecule has 0 aromatic heterocycles. The molecule has 2 atom stereocenters. The van der Waals surface area contributed by atoms with Gasteiger partial charge in [-0.2, -0.15) is 25.3 Å². The molecule has 4 N–H and O–H groups in total. The summed E-state index contributed by atoms with van der Waals surface area (Å²) in [6, 6.07) is 8.48. The molecule has 2 unspecified atom stereocenters. The van der Waals surface area contributed by atoms with Crippen molar-refractivity contribution in [2.45, 2.75) is 99.2 Å². The maximum atomic E-state index is 12.4. The fourth-order valence-electron chi connectivity index (χ4n) is 8.25. The third-order valence-electron chi connectivity index (χ3n) is 11.6. The highest BCUT2D eigenvalue weighted by molar-refractivity contribution is 7.86. The minimum Gasteiger partial charge on any atom is -0.390 e. The van der Waals surface area contributed by atoms with E-state index in [1.165, 1.54) is 30.3 Å². The van der Waals surface area contributed by atoms with Crippen LogP contribution in [0.5, 0.6) is 0 Å². The van der Waals surface area contributed by atoms with Crippen molar-refractivity contribution in [1.82, 2.24) is 5.06 Å². The third kappa shape index (κ3) is 13.0. The van der Waals surface area contributed by atoms with Crippen LogP contribution >= 0.6 is 0 Å². The van der Waals surface area contributed by atoms with Crippen molar-refractivity contribution in [3.63, 3.8) is 0 Å². The summed E-state index contributed by atoms with van der Waals surface area (Å²) in [6.45, 7) is 6.03. The zero-order chi connectivity index (χ0) is 47.7. The van der Waals surface area contributed by atoms with Gasteiger partial charge >= 0.3 is 5.97 Å². The Labute approximate surface area is 375 Å². The molecule has 1 fully saturated rings. The van der Waals surface area contributed by atoms with Crippen LogP contribution in [-0.2, 0) is 65.1 Å². The number of allylic oxidation sites excluding steroid dienone is 6. The van der Waals surface area contributed by atoms with E-state index < -0.39 is 64.7 Å². The Morgan fingerprint density at radius 2 is 1.55 bits per heavy atom. The number of carbonyl (C=O) groups is 3. The zero-order valence-corrected chi connectivity index (χ0v) is 39.0. The Morgan fingerprint density at radius 3 is 2.16 bits per heavy atom. The van der Waals surface area contributed by atoms with E-state index in [0.717, 1.165) is 5.70 Å². The van der Waals surface area contributed by atoms with Crippen molar-refractivity contribution >= 4 is 59.5 Å². The molecule has 0 spiro atoms. The quantitative estimate of drug-likeness (QED) is 0.0299. The molecule has 0 aliphatic carbocycles. The molecule has 2 aliphatic heterocycles. The molecule has 21 heteroatoms. The van der Waals surface area contributed by atoms with E-state index in [1.54, 1.807) is 63.0 Å². The number of hydrogen-bond donors (Lipinski definition) is 4. The van der Waals surface area contributed by atoms with Gasteiger partial charge in [-0.3, -0.25) is 23.2 Å². The fraction of sp³-hybridized carbons (Fsp3) is 0.488. The number of anilines is 1. The van der Waals surface area contributed by atoms with Crippen LogP contribution < -0.4 is 4.90 Å². The maximum Gasteiger partial charge on any atom is 0.333 e. The molecule has 0 bridgehead atoms. The average Bonchev–Trinajstić information content (AvgIpc) is 3.64. The topological polar surface area (TPSA) is 262 Å². The standard InChI is InChI=1S/C43H57N3O15S3/c1-31-16-17-32(63(54,55)56)29-34(31)42(2,22-12-28-62(51,52)53)37(44(4)25-26-47)13-8-6-9-14-38-43(3,23-27-60-5)35-30-33(64(57,58)59)18-19-36(35)45(38)24-11-7-10-15-41(50)61-46-39(48)20-21-40(46)49/h6,8-9,13-14,16-19,29-30,47H,7,10-12,15,20-28H2,1-5H3,(H2-,51,52,53,54,55,56,57,58,59)/p+1. The lowest BCUT2D eigenvalue weighted by Gasteiger charge is -2.30. The molecule has 18 nitrogen and oxygen atoms in total. The molecule has 64 heavy (non-hydrogen) atoms. The van der Waals surface area contributed by atoms with Crippen molar-refractivity contribution in [3.05, 3.63) is 89.2 Å². The second-order valence-corrected chi connectivity index (χ2v) is 20.7. The summed E-state index contributed by atoms with van der Waals surface area (Å²) in [5.74, 6) is -2.41. The molecule has 2 aliphatic rings. The van der Waals surface area contributed by atoms with Crippen molar-refractivity contribution in [2.24, 2.45) is 0 Å². The van der Waals surface area contributed by atoms with Crippen molar-refractivity contribution in [3.8, 4) is 0 Å². The van der Waals surface area contributed by atoms with Gasteiger partial charge in [0.25, 0.3) is 42.2 Å². The maximum absolute atomic E-state index is 12.4. The first kappa shape index (κ1) is 52.0. The number of unbranched alkanes of at least 4 members (excludes halogenated alkanes) is 2. The van der Waals surface area contributed by atoms with Crippen LogP contribution in [0, 0.1) is 6.92 Å². The lowest BCUT2D eigenvalue weighted by Crippen LogP contribution is -2.39. The van der Waals surface area contributed by atoms with Gasteiger partial charge < -0.3 is 19.6 Å². The summed E-state index contributed by atoms with van der Waals surface area (Å²) >= 11 is 0. The number of ether oxygens (including phenoxy) is 1. The number of fused-ring (bicyclic) bond motifs is 1. The number of aryl methyl sites for hydroxylation is 1. The van der Waals surface area contributed by atoms with Gasteiger partial charge in [-0.05, 0) is 106 Å². The Morgan fingerprint density at radius 1 is 0.906 bits per heavy atom. The van der Waals surface area contributed by atoms with E-state index in [1.807, 2.05) is 17.9 Å². The van der Waals surface area contributed by atoms with E-state index in [4.69, 9.17) is 9.57 Å². The number of likely N-dealkylation sites (N-methyl/N-ethyl adjacent to an activating group) is 1. The smallest absolute Gasteiger partial charge is 0.333 e. The second-order valence-electron chi connectivity index (χ2n) is 16.2. The first-order valence-corrected chi connectivity index (χ1v) is 25.1. The first-order chi connectivity index (χ1) is 29.9. The van der Waals surface area contributed by atoms with Crippen molar-refractivity contribution in [2.75, 3.05) is 51.1 Å². The van der Waals surface area contributed by atoms with Gasteiger partial charge in [0.05, 0.1) is 21.0 Å². The van der Waals surface area contributed by atoms with Gasteiger partial charge in [0.15, 0.2) is 12.3 Å². The number of hydrogen-bond acceptors (Lipinski definition) is 13. The van der Waals surface area contributed by atoms with Crippen LogP contribution in [0.1, 0.15) is 88.3 Å². The van der Waals surface area contributed by atoms with Crippen molar-refractivity contribution < 1.29 is 72.6 Å². The van der Waals surface area contributed by atoms with Crippen molar-refractivity contribution in [1.29, 1.82) is 0 Å². The van der Waals surface area contributed by atoms with E-state index in [9.17, 15) is 58.4 Å². The lowest BCUT2D eigenvalue weighted by molar-refractivity contribution is -0.501. The Kier molecular flexibility index (Phi) is 17.5. The molecular formula is C43H58N3O15S3+. The Bertz CT molecular complexity index is 2540. The van der Waals surface area contributed by atoms with E-state index in [0.29, 0.717) is 65.4 Å². The molecule has 0 saturated carbocycles. The number of carbonyl (C=O) groups excluding carboxylic acids is 3.